The Balaban J connectivity index is 1.61. The molecule has 0 radical (unpaired) electrons. The smallest absolute Gasteiger partial charge is 0.229 e. The number of nitriles is 1. The van der Waals surface area contributed by atoms with E-state index in [0.29, 0.717) is 24.7 Å². The number of fused-ring (bicyclic) bond motifs is 1. The normalized spacial score (nSPS) is 20.4. The predicted molar refractivity (Wildman–Crippen MR) is 101 cm³/mol. The molecular formula is C20H19N3O3S. The molecule has 0 spiro atoms. The zero-order valence-electron chi connectivity index (χ0n) is 14.9. The predicted octanol–water partition coefficient (Wildman–Crippen LogP) is 3.50. The first-order valence-corrected chi connectivity index (χ1v) is 9.64. The van der Waals surface area contributed by atoms with Crippen molar-refractivity contribution in [1.29, 1.82) is 5.26 Å². The molecule has 1 aromatic heterocycles. The van der Waals surface area contributed by atoms with E-state index < -0.39 is 0 Å². The maximum absolute atomic E-state index is 12.9. The third-order valence-electron chi connectivity index (χ3n) is 4.81. The van der Waals surface area contributed by atoms with Crippen molar-refractivity contribution in [2.45, 2.75) is 18.9 Å². The quantitative estimate of drug-likeness (QED) is 0.807. The highest BCUT2D eigenvalue weighted by Crippen LogP contribution is 2.43. The van der Waals surface area contributed by atoms with E-state index in [0.717, 1.165) is 22.1 Å². The number of ether oxygens (including phenoxy) is 1. The summed E-state index contributed by atoms with van der Waals surface area (Å²) in [6, 6.07) is 13.7. The van der Waals surface area contributed by atoms with Gasteiger partial charge in [0.2, 0.25) is 5.91 Å². The Morgan fingerprint density at radius 3 is 3.00 bits per heavy atom. The van der Waals surface area contributed by atoms with Gasteiger partial charge in [-0.2, -0.15) is 5.26 Å². The molecule has 0 saturated carbocycles. The van der Waals surface area contributed by atoms with Gasteiger partial charge in [-0.25, -0.2) is 0 Å². The molecule has 2 aliphatic heterocycles. The molecule has 7 heteroatoms. The average molecular weight is 381 g/mol. The fourth-order valence-corrected chi connectivity index (χ4v) is 4.61. The summed E-state index contributed by atoms with van der Waals surface area (Å²) in [5.74, 6) is 2.10. The largest absolute Gasteiger partial charge is 0.497 e. The minimum absolute atomic E-state index is 0.0356. The van der Waals surface area contributed by atoms with E-state index >= 15 is 0 Å². The van der Waals surface area contributed by atoms with Crippen LogP contribution in [0.1, 0.15) is 23.7 Å². The zero-order valence-corrected chi connectivity index (χ0v) is 15.7. The van der Waals surface area contributed by atoms with Crippen LogP contribution in [0.3, 0.4) is 0 Å². The van der Waals surface area contributed by atoms with Gasteiger partial charge in [0, 0.05) is 12.3 Å². The summed E-state index contributed by atoms with van der Waals surface area (Å²) in [6.45, 7) is 1.11. The van der Waals surface area contributed by atoms with Crippen LogP contribution in [0.15, 0.2) is 57.7 Å². The summed E-state index contributed by atoms with van der Waals surface area (Å²) < 4.78 is 10.7. The van der Waals surface area contributed by atoms with Crippen molar-refractivity contribution in [3.05, 3.63) is 64.6 Å². The summed E-state index contributed by atoms with van der Waals surface area (Å²) in [5.41, 5.74) is 1.59. The summed E-state index contributed by atoms with van der Waals surface area (Å²) in [7, 11) is 1.61. The highest BCUT2D eigenvalue weighted by molar-refractivity contribution is 8.03. The number of amides is 1. The van der Waals surface area contributed by atoms with Crippen molar-refractivity contribution < 1.29 is 13.9 Å². The molecule has 1 amide bonds. The van der Waals surface area contributed by atoms with Crippen molar-refractivity contribution in [2.75, 3.05) is 19.7 Å². The number of furan rings is 1. The molecule has 4 rings (SSSR count). The molecule has 1 aromatic carbocycles. The van der Waals surface area contributed by atoms with Crippen molar-refractivity contribution in [2.24, 2.45) is 0 Å². The Morgan fingerprint density at radius 1 is 1.37 bits per heavy atom. The van der Waals surface area contributed by atoms with Gasteiger partial charge in [-0.1, -0.05) is 23.9 Å². The Bertz CT molecular complexity index is 917. The molecule has 0 aliphatic carbocycles. The summed E-state index contributed by atoms with van der Waals surface area (Å²) >= 11 is 1.54. The van der Waals surface area contributed by atoms with Gasteiger partial charge >= 0.3 is 0 Å². The SMILES string of the molecule is COc1cccc([C@H]2CC(=O)N3CN(Cc4ccco4)CSC3=C2C#N)c1. The first-order valence-electron chi connectivity index (χ1n) is 8.65. The first kappa shape index (κ1) is 17.7. The van der Waals surface area contributed by atoms with Crippen LogP contribution in [0.2, 0.25) is 0 Å². The third kappa shape index (κ3) is 3.46. The van der Waals surface area contributed by atoms with E-state index in [9.17, 15) is 10.1 Å². The molecule has 6 nitrogen and oxygen atoms in total. The molecule has 0 unspecified atom stereocenters. The lowest BCUT2D eigenvalue weighted by Gasteiger charge is -2.41. The Kier molecular flexibility index (Phi) is 4.92. The van der Waals surface area contributed by atoms with Crippen molar-refractivity contribution in [3.63, 3.8) is 0 Å². The Labute approximate surface area is 162 Å². The lowest BCUT2D eigenvalue weighted by atomic mass is 9.86. The number of hydrogen-bond acceptors (Lipinski definition) is 6. The molecule has 138 valence electrons. The van der Waals surface area contributed by atoms with Crippen LogP contribution in [0.4, 0.5) is 0 Å². The monoisotopic (exact) mass is 381 g/mol. The van der Waals surface area contributed by atoms with E-state index in [1.165, 1.54) is 11.8 Å². The summed E-state index contributed by atoms with van der Waals surface area (Å²) in [4.78, 5) is 16.7. The average Bonchev–Trinajstić information content (AvgIpc) is 3.21. The van der Waals surface area contributed by atoms with Crippen LogP contribution in [0.25, 0.3) is 0 Å². The number of hydrogen-bond donors (Lipinski definition) is 0. The van der Waals surface area contributed by atoms with Gasteiger partial charge in [0.1, 0.15) is 11.5 Å². The molecule has 3 heterocycles. The van der Waals surface area contributed by atoms with E-state index in [1.807, 2.05) is 36.4 Å². The van der Waals surface area contributed by atoms with Crippen molar-refractivity contribution >= 4 is 17.7 Å². The molecule has 2 aliphatic rings. The minimum Gasteiger partial charge on any atom is -0.497 e. The highest BCUT2D eigenvalue weighted by Gasteiger charge is 2.38. The van der Waals surface area contributed by atoms with Gasteiger partial charge in [-0.3, -0.25) is 14.6 Å². The fraction of sp³-hybridized carbons (Fsp3) is 0.300. The number of allylic oxidation sites excluding steroid dienone is 1. The Hall–Kier alpha value is -2.69. The van der Waals surface area contributed by atoms with Crippen LogP contribution >= 0.6 is 11.8 Å². The number of benzene rings is 1. The van der Waals surface area contributed by atoms with E-state index in [1.54, 1.807) is 18.3 Å². The summed E-state index contributed by atoms with van der Waals surface area (Å²) in [6.07, 6.45) is 1.94. The minimum atomic E-state index is -0.229. The van der Waals surface area contributed by atoms with Crippen LogP contribution < -0.4 is 4.74 Å². The second kappa shape index (κ2) is 7.51. The molecule has 1 fully saturated rings. The standard InChI is InChI=1S/C20H19N3O3S/c1-25-15-5-2-4-14(8-15)17-9-19(24)23-12-22(11-16-6-3-7-26-16)13-27-20(23)18(17)10-21/h2-8,17H,9,11-13H2,1H3/t17-/m1/s1. The maximum Gasteiger partial charge on any atom is 0.229 e. The maximum atomic E-state index is 12.9. The van der Waals surface area contributed by atoms with Crippen LogP contribution in [-0.2, 0) is 11.3 Å². The third-order valence-corrected chi connectivity index (χ3v) is 6.01. The highest BCUT2D eigenvalue weighted by atomic mass is 32.2. The van der Waals surface area contributed by atoms with Gasteiger partial charge in [-0.05, 0) is 29.8 Å². The molecule has 1 atom stereocenters. The number of carbonyl (C=O) groups is 1. The lowest BCUT2D eigenvalue weighted by molar-refractivity contribution is -0.132. The number of thioether (sulfide) groups is 1. The van der Waals surface area contributed by atoms with Crippen molar-refractivity contribution in [1.82, 2.24) is 9.80 Å². The van der Waals surface area contributed by atoms with Gasteiger partial charge in [0.05, 0.1) is 49.1 Å². The van der Waals surface area contributed by atoms with Crippen LogP contribution in [-0.4, -0.2) is 35.4 Å². The van der Waals surface area contributed by atoms with E-state index in [2.05, 4.69) is 11.0 Å². The molecule has 2 aromatic rings. The van der Waals surface area contributed by atoms with Gasteiger partial charge in [-0.15, -0.1) is 0 Å². The van der Waals surface area contributed by atoms with Gasteiger partial charge < -0.3 is 9.15 Å². The molecule has 0 N–H and O–H groups in total. The van der Waals surface area contributed by atoms with E-state index in [-0.39, 0.29) is 18.2 Å². The number of methoxy groups -OCH3 is 1. The summed E-state index contributed by atoms with van der Waals surface area (Å²) in [5, 5.41) is 10.6. The number of carbonyl (C=O) groups excluding carboxylic acids is 1. The molecule has 27 heavy (non-hydrogen) atoms. The molecule has 1 saturated heterocycles. The van der Waals surface area contributed by atoms with Crippen LogP contribution in [0, 0.1) is 11.3 Å². The van der Waals surface area contributed by atoms with Gasteiger partial charge in [0.25, 0.3) is 0 Å². The second-order valence-electron chi connectivity index (χ2n) is 6.51. The molecular weight excluding hydrogens is 362 g/mol. The first-order chi connectivity index (χ1) is 13.2. The van der Waals surface area contributed by atoms with Crippen LogP contribution in [0.5, 0.6) is 5.75 Å². The van der Waals surface area contributed by atoms with Gasteiger partial charge in [0.15, 0.2) is 0 Å². The molecule has 0 bridgehead atoms. The Morgan fingerprint density at radius 2 is 2.26 bits per heavy atom. The topological polar surface area (TPSA) is 69.7 Å². The fourth-order valence-electron chi connectivity index (χ4n) is 3.47. The number of rotatable bonds is 4. The number of nitrogens with zero attached hydrogens (tertiary/aromatic N) is 3. The van der Waals surface area contributed by atoms with Crippen molar-refractivity contribution in [3.8, 4) is 11.8 Å². The zero-order chi connectivity index (χ0) is 18.8. The second-order valence-corrected chi connectivity index (χ2v) is 7.44. The van der Waals surface area contributed by atoms with E-state index in [4.69, 9.17) is 9.15 Å². The lowest BCUT2D eigenvalue weighted by Crippen LogP contribution is -2.46.